The van der Waals surface area contributed by atoms with Crippen molar-refractivity contribution in [2.45, 2.75) is 69.9 Å². The average Bonchev–Trinajstić information content (AvgIpc) is 2.70. The normalized spacial score (nSPS) is 34.4. The Bertz CT molecular complexity index is 265. The van der Waals surface area contributed by atoms with E-state index >= 15 is 0 Å². The largest absolute Gasteiger partial charge is 0.381 e. The molecule has 1 aliphatic heterocycles. The number of likely N-dealkylation sites (N-methyl/N-ethyl adjacent to an activating group) is 1. The second-order valence-corrected chi connectivity index (χ2v) is 6.59. The number of nitrogens with two attached hydrogens (primary N) is 1. The smallest absolute Gasteiger partial charge is 0.0480 e. The first-order valence-corrected chi connectivity index (χ1v) is 8.22. The van der Waals surface area contributed by atoms with Crippen LogP contribution in [0.25, 0.3) is 0 Å². The van der Waals surface area contributed by atoms with Crippen LogP contribution < -0.4 is 5.73 Å². The molecule has 2 aliphatic rings. The standard InChI is InChI=1S/C16H32N2O/c1-3-14-5-4-9-16(13-17,10-6-14)18(2)15-7-11-19-12-8-15/h14-15H,3-13,17H2,1-2H3. The lowest BCUT2D eigenvalue weighted by Gasteiger charge is -2.46. The topological polar surface area (TPSA) is 38.5 Å². The molecule has 1 saturated heterocycles. The van der Waals surface area contributed by atoms with E-state index in [0.29, 0.717) is 6.04 Å². The van der Waals surface area contributed by atoms with Crippen LogP contribution in [0.1, 0.15) is 58.3 Å². The summed E-state index contributed by atoms with van der Waals surface area (Å²) in [6, 6.07) is 0.676. The van der Waals surface area contributed by atoms with Crippen LogP contribution in [0.5, 0.6) is 0 Å². The van der Waals surface area contributed by atoms with E-state index in [2.05, 4.69) is 18.9 Å². The summed E-state index contributed by atoms with van der Waals surface area (Å²) in [6.07, 6.45) is 10.4. The van der Waals surface area contributed by atoms with Crippen molar-refractivity contribution >= 4 is 0 Å². The Labute approximate surface area is 118 Å². The summed E-state index contributed by atoms with van der Waals surface area (Å²) >= 11 is 0. The first kappa shape index (κ1) is 15.3. The minimum Gasteiger partial charge on any atom is -0.381 e. The first-order valence-electron chi connectivity index (χ1n) is 8.22. The maximum atomic E-state index is 6.23. The van der Waals surface area contributed by atoms with E-state index in [0.717, 1.165) is 25.7 Å². The van der Waals surface area contributed by atoms with Crippen molar-refractivity contribution in [3.8, 4) is 0 Å². The number of ether oxygens (including phenoxy) is 1. The average molecular weight is 268 g/mol. The SMILES string of the molecule is CCC1CCCC(CN)(N(C)C2CCOCC2)CC1. The Morgan fingerprint density at radius 2 is 1.89 bits per heavy atom. The second-order valence-electron chi connectivity index (χ2n) is 6.59. The molecule has 2 fully saturated rings. The molecule has 0 spiro atoms. The molecule has 0 amide bonds. The van der Waals surface area contributed by atoms with E-state index < -0.39 is 0 Å². The molecular formula is C16H32N2O. The molecule has 0 aromatic carbocycles. The maximum absolute atomic E-state index is 6.23. The molecule has 2 rings (SSSR count). The van der Waals surface area contributed by atoms with Crippen molar-refractivity contribution in [3.63, 3.8) is 0 Å². The van der Waals surface area contributed by atoms with Gasteiger partial charge in [0.1, 0.15) is 0 Å². The highest BCUT2D eigenvalue weighted by Gasteiger charge is 2.38. The summed E-state index contributed by atoms with van der Waals surface area (Å²) in [7, 11) is 2.31. The van der Waals surface area contributed by atoms with Crippen molar-refractivity contribution in [2.24, 2.45) is 11.7 Å². The lowest BCUT2D eigenvalue weighted by atomic mass is 9.85. The van der Waals surface area contributed by atoms with Crippen molar-refractivity contribution in [2.75, 3.05) is 26.8 Å². The monoisotopic (exact) mass is 268 g/mol. The molecule has 0 radical (unpaired) electrons. The van der Waals surface area contributed by atoms with Gasteiger partial charge in [0.05, 0.1) is 0 Å². The van der Waals surface area contributed by atoms with Gasteiger partial charge >= 0.3 is 0 Å². The Hall–Kier alpha value is -0.120. The summed E-state index contributed by atoms with van der Waals surface area (Å²) in [4.78, 5) is 2.63. The molecule has 0 aromatic rings. The molecule has 1 saturated carbocycles. The number of hydrogen-bond acceptors (Lipinski definition) is 3. The Morgan fingerprint density at radius 1 is 1.16 bits per heavy atom. The zero-order valence-electron chi connectivity index (χ0n) is 12.9. The minimum absolute atomic E-state index is 0.256. The van der Waals surface area contributed by atoms with Gasteiger partial charge in [-0.3, -0.25) is 4.90 Å². The summed E-state index contributed by atoms with van der Waals surface area (Å²) in [5.41, 5.74) is 6.49. The van der Waals surface area contributed by atoms with Gasteiger partial charge in [-0.1, -0.05) is 26.2 Å². The molecule has 0 bridgehead atoms. The summed E-state index contributed by atoms with van der Waals surface area (Å²) in [5, 5.41) is 0. The molecule has 1 heterocycles. The minimum atomic E-state index is 0.256. The van der Waals surface area contributed by atoms with Gasteiger partial charge in [0, 0.05) is 31.3 Å². The lowest BCUT2D eigenvalue weighted by Crippen LogP contribution is -2.56. The van der Waals surface area contributed by atoms with Crippen LogP contribution in [0.4, 0.5) is 0 Å². The van der Waals surface area contributed by atoms with Crippen LogP contribution in [0.3, 0.4) is 0 Å². The quantitative estimate of drug-likeness (QED) is 0.797. The van der Waals surface area contributed by atoms with Gasteiger partial charge in [-0.25, -0.2) is 0 Å². The lowest BCUT2D eigenvalue weighted by molar-refractivity contribution is -0.00807. The predicted octanol–water partition coefficient (Wildman–Crippen LogP) is 2.79. The fourth-order valence-electron chi connectivity index (χ4n) is 4.03. The van der Waals surface area contributed by atoms with Crippen molar-refractivity contribution in [3.05, 3.63) is 0 Å². The maximum Gasteiger partial charge on any atom is 0.0480 e. The highest BCUT2D eigenvalue weighted by molar-refractivity contribution is 4.95. The van der Waals surface area contributed by atoms with Crippen LogP contribution in [-0.4, -0.2) is 43.3 Å². The van der Waals surface area contributed by atoms with Crippen LogP contribution in [0.2, 0.25) is 0 Å². The molecule has 112 valence electrons. The predicted molar refractivity (Wildman–Crippen MR) is 80.3 cm³/mol. The van der Waals surface area contributed by atoms with Crippen LogP contribution in [0.15, 0.2) is 0 Å². The molecule has 3 heteroatoms. The molecule has 2 N–H and O–H groups in total. The van der Waals surface area contributed by atoms with Crippen LogP contribution in [0, 0.1) is 5.92 Å². The zero-order valence-corrected chi connectivity index (χ0v) is 12.9. The van der Waals surface area contributed by atoms with E-state index in [1.165, 1.54) is 51.4 Å². The van der Waals surface area contributed by atoms with Gasteiger partial charge in [-0.2, -0.15) is 0 Å². The van der Waals surface area contributed by atoms with E-state index in [9.17, 15) is 0 Å². The van der Waals surface area contributed by atoms with E-state index in [1.807, 2.05) is 0 Å². The third kappa shape index (κ3) is 3.50. The van der Waals surface area contributed by atoms with Crippen molar-refractivity contribution in [1.29, 1.82) is 0 Å². The highest BCUT2D eigenvalue weighted by atomic mass is 16.5. The Kier molecular flexibility index (Phi) is 5.67. The first-order chi connectivity index (χ1) is 9.22. The van der Waals surface area contributed by atoms with Crippen LogP contribution >= 0.6 is 0 Å². The third-order valence-corrected chi connectivity index (χ3v) is 5.72. The summed E-state index contributed by atoms with van der Waals surface area (Å²) in [6.45, 7) is 5.00. The highest BCUT2D eigenvalue weighted by Crippen LogP contribution is 2.36. The second kappa shape index (κ2) is 7.05. The van der Waals surface area contributed by atoms with Gasteiger partial charge in [-0.05, 0) is 45.1 Å². The van der Waals surface area contributed by atoms with Gasteiger partial charge in [0.15, 0.2) is 0 Å². The van der Waals surface area contributed by atoms with E-state index in [4.69, 9.17) is 10.5 Å². The molecule has 19 heavy (non-hydrogen) atoms. The van der Waals surface area contributed by atoms with Crippen LogP contribution in [-0.2, 0) is 4.74 Å². The van der Waals surface area contributed by atoms with E-state index in [1.54, 1.807) is 0 Å². The summed E-state index contributed by atoms with van der Waals surface area (Å²) < 4.78 is 5.51. The molecule has 1 aliphatic carbocycles. The fourth-order valence-corrected chi connectivity index (χ4v) is 4.03. The Morgan fingerprint density at radius 3 is 2.53 bits per heavy atom. The van der Waals surface area contributed by atoms with E-state index in [-0.39, 0.29) is 5.54 Å². The summed E-state index contributed by atoms with van der Waals surface area (Å²) in [5.74, 6) is 0.927. The van der Waals surface area contributed by atoms with Gasteiger partial charge in [0.25, 0.3) is 0 Å². The van der Waals surface area contributed by atoms with Gasteiger partial charge < -0.3 is 10.5 Å². The molecule has 0 aromatic heterocycles. The molecule has 3 nitrogen and oxygen atoms in total. The molecular weight excluding hydrogens is 236 g/mol. The number of nitrogens with zero attached hydrogens (tertiary/aromatic N) is 1. The number of rotatable bonds is 4. The van der Waals surface area contributed by atoms with Crippen molar-refractivity contribution < 1.29 is 4.74 Å². The number of hydrogen-bond donors (Lipinski definition) is 1. The van der Waals surface area contributed by atoms with Crippen molar-refractivity contribution in [1.82, 2.24) is 4.90 Å². The zero-order chi connectivity index (χ0) is 13.7. The molecule has 2 unspecified atom stereocenters. The van der Waals surface area contributed by atoms with Gasteiger partial charge in [-0.15, -0.1) is 0 Å². The molecule has 2 atom stereocenters. The third-order valence-electron chi connectivity index (χ3n) is 5.72. The van der Waals surface area contributed by atoms with Gasteiger partial charge in [0.2, 0.25) is 0 Å². The Balaban J connectivity index is 2.03. The fraction of sp³-hybridized carbons (Fsp3) is 1.00.